The van der Waals surface area contributed by atoms with E-state index in [1.54, 1.807) is 6.07 Å². The van der Waals surface area contributed by atoms with Crippen LogP contribution in [0.3, 0.4) is 0 Å². The largest absolute Gasteiger partial charge is 0.493 e. The van der Waals surface area contributed by atoms with Gasteiger partial charge in [-0.2, -0.15) is 5.26 Å². The summed E-state index contributed by atoms with van der Waals surface area (Å²) in [5, 5.41) is 12.2. The molecule has 8 nitrogen and oxygen atoms in total. The highest BCUT2D eigenvalue weighted by atomic mass is 16.6. The summed E-state index contributed by atoms with van der Waals surface area (Å²) >= 11 is 0. The van der Waals surface area contributed by atoms with E-state index in [2.05, 4.69) is 11.4 Å². The Labute approximate surface area is 170 Å². The van der Waals surface area contributed by atoms with Crippen LogP contribution >= 0.6 is 0 Å². The molecule has 1 fully saturated rings. The standard InChI is InChI=1S/C21H26N2O6/c1-14(24)16-7-8-17(18(11-16)27-3)28-12-19(25)29-15(2)20(26)23-21(13-22)9-5-4-6-10-21/h7-8,11,15H,4-6,9-10,12H2,1-3H3,(H,23,26)/t15-/m1/s1. The summed E-state index contributed by atoms with van der Waals surface area (Å²) in [7, 11) is 1.42. The lowest BCUT2D eigenvalue weighted by Gasteiger charge is -2.32. The number of nitrogens with zero attached hydrogens (tertiary/aromatic N) is 1. The first-order valence-electron chi connectivity index (χ1n) is 9.55. The third-order valence-corrected chi connectivity index (χ3v) is 4.88. The summed E-state index contributed by atoms with van der Waals surface area (Å²) in [6.07, 6.45) is 2.92. The van der Waals surface area contributed by atoms with Crippen molar-refractivity contribution >= 4 is 17.7 Å². The highest BCUT2D eigenvalue weighted by Gasteiger charge is 2.35. The smallest absolute Gasteiger partial charge is 0.344 e. The van der Waals surface area contributed by atoms with Crippen molar-refractivity contribution in [2.24, 2.45) is 0 Å². The fourth-order valence-electron chi connectivity index (χ4n) is 3.18. The third-order valence-electron chi connectivity index (χ3n) is 4.88. The van der Waals surface area contributed by atoms with Crippen molar-refractivity contribution in [2.45, 2.75) is 57.6 Å². The Bertz CT molecular complexity index is 808. The van der Waals surface area contributed by atoms with Crippen molar-refractivity contribution < 1.29 is 28.6 Å². The molecule has 1 aromatic rings. The number of hydrogen-bond donors (Lipinski definition) is 1. The number of nitriles is 1. The lowest BCUT2D eigenvalue weighted by molar-refractivity contribution is -0.157. The van der Waals surface area contributed by atoms with Crippen LogP contribution in [-0.2, 0) is 14.3 Å². The van der Waals surface area contributed by atoms with Gasteiger partial charge >= 0.3 is 5.97 Å². The molecule has 0 aromatic heterocycles. The van der Waals surface area contributed by atoms with E-state index in [0.29, 0.717) is 24.2 Å². The molecule has 0 unspecified atom stereocenters. The number of Topliss-reactive ketones (excluding diaryl/α,β-unsaturated/α-hetero) is 1. The maximum Gasteiger partial charge on any atom is 0.344 e. The van der Waals surface area contributed by atoms with E-state index in [1.807, 2.05) is 0 Å². The zero-order chi connectivity index (χ0) is 21.4. The second-order valence-corrected chi connectivity index (χ2v) is 7.09. The van der Waals surface area contributed by atoms with Gasteiger partial charge in [-0.05, 0) is 44.9 Å². The second-order valence-electron chi connectivity index (χ2n) is 7.09. The van der Waals surface area contributed by atoms with Gasteiger partial charge in [0.25, 0.3) is 5.91 Å². The molecule has 1 N–H and O–H groups in total. The van der Waals surface area contributed by atoms with Gasteiger partial charge in [-0.1, -0.05) is 19.3 Å². The summed E-state index contributed by atoms with van der Waals surface area (Å²) in [4.78, 5) is 35.8. The molecule has 0 aliphatic heterocycles. The number of nitrogens with one attached hydrogen (secondary N) is 1. The normalized spacial score (nSPS) is 16.1. The van der Waals surface area contributed by atoms with Gasteiger partial charge in [-0.3, -0.25) is 9.59 Å². The number of hydrogen-bond acceptors (Lipinski definition) is 7. The molecule has 1 aromatic carbocycles. The molecule has 0 heterocycles. The van der Waals surface area contributed by atoms with Crippen LogP contribution in [0.5, 0.6) is 11.5 Å². The van der Waals surface area contributed by atoms with Gasteiger partial charge in [0.15, 0.2) is 30.0 Å². The minimum atomic E-state index is -1.06. The average molecular weight is 402 g/mol. The molecule has 2 rings (SSSR count). The summed E-state index contributed by atoms with van der Waals surface area (Å²) in [5.41, 5.74) is -0.436. The Hall–Kier alpha value is -3.08. The molecule has 29 heavy (non-hydrogen) atoms. The number of benzene rings is 1. The van der Waals surface area contributed by atoms with Crippen molar-refractivity contribution in [3.63, 3.8) is 0 Å². The van der Waals surface area contributed by atoms with Crippen molar-refractivity contribution in [3.05, 3.63) is 23.8 Å². The number of carbonyl (C=O) groups excluding carboxylic acids is 3. The van der Waals surface area contributed by atoms with Crippen LogP contribution in [0.15, 0.2) is 18.2 Å². The molecular weight excluding hydrogens is 376 g/mol. The first kappa shape index (κ1) is 22.2. The van der Waals surface area contributed by atoms with Crippen LogP contribution in [0.2, 0.25) is 0 Å². The van der Waals surface area contributed by atoms with E-state index in [9.17, 15) is 19.6 Å². The van der Waals surface area contributed by atoms with E-state index in [-0.39, 0.29) is 11.5 Å². The highest BCUT2D eigenvalue weighted by molar-refractivity contribution is 5.94. The number of amides is 1. The number of esters is 1. The van der Waals surface area contributed by atoms with Crippen molar-refractivity contribution in [1.29, 1.82) is 5.26 Å². The SMILES string of the molecule is COc1cc(C(C)=O)ccc1OCC(=O)O[C@H](C)C(=O)NC1(C#N)CCCCC1. The van der Waals surface area contributed by atoms with E-state index < -0.39 is 30.1 Å². The summed E-state index contributed by atoms with van der Waals surface area (Å²) in [5.74, 6) is -0.783. The van der Waals surface area contributed by atoms with Crippen LogP contribution in [-0.4, -0.2) is 43.0 Å². The number of carbonyl (C=O) groups is 3. The zero-order valence-electron chi connectivity index (χ0n) is 16.9. The Balaban J connectivity index is 1.89. The molecule has 0 bridgehead atoms. The van der Waals surface area contributed by atoms with Crippen molar-refractivity contribution in [3.8, 4) is 17.6 Å². The Kier molecular flexibility index (Phi) is 7.59. The van der Waals surface area contributed by atoms with E-state index in [0.717, 1.165) is 19.3 Å². The minimum Gasteiger partial charge on any atom is -0.493 e. The number of ketones is 1. The number of methoxy groups -OCH3 is 1. The van der Waals surface area contributed by atoms with Gasteiger partial charge in [0, 0.05) is 5.56 Å². The quantitative estimate of drug-likeness (QED) is 0.525. The van der Waals surface area contributed by atoms with Gasteiger partial charge in [0.2, 0.25) is 0 Å². The summed E-state index contributed by atoms with van der Waals surface area (Å²) in [6, 6.07) is 6.80. The van der Waals surface area contributed by atoms with Crippen LogP contribution in [0.4, 0.5) is 0 Å². The molecule has 8 heteroatoms. The molecule has 0 saturated heterocycles. The average Bonchev–Trinajstić information content (AvgIpc) is 2.72. The molecule has 156 valence electrons. The molecule has 1 aliphatic rings. The van der Waals surface area contributed by atoms with Gasteiger partial charge in [0.1, 0.15) is 5.54 Å². The van der Waals surface area contributed by atoms with Gasteiger partial charge in [0.05, 0.1) is 13.2 Å². The van der Waals surface area contributed by atoms with Crippen LogP contribution in [0.25, 0.3) is 0 Å². The Morgan fingerprint density at radius 1 is 1.21 bits per heavy atom. The maximum atomic E-state index is 12.4. The van der Waals surface area contributed by atoms with Crippen LogP contribution in [0, 0.1) is 11.3 Å². The predicted molar refractivity (Wildman–Crippen MR) is 104 cm³/mol. The highest BCUT2D eigenvalue weighted by Crippen LogP contribution is 2.29. The van der Waals surface area contributed by atoms with Crippen LogP contribution < -0.4 is 14.8 Å². The molecule has 1 atom stereocenters. The second kappa shape index (κ2) is 9.92. The Morgan fingerprint density at radius 3 is 2.48 bits per heavy atom. The monoisotopic (exact) mass is 402 g/mol. The van der Waals surface area contributed by atoms with Crippen molar-refractivity contribution in [2.75, 3.05) is 13.7 Å². The minimum absolute atomic E-state index is 0.123. The van der Waals surface area contributed by atoms with Gasteiger partial charge < -0.3 is 19.5 Å². The molecule has 1 saturated carbocycles. The van der Waals surface area contributed by atoms with E-state index >= 15 is 0 Å². The fourth-order valence-corrected chi connectivity index (χ4v) is 3.18. The third kappa shape index (κ3) is 5.95. The lowest BCUT2D eigenvalue weighted by atomic mass is 9.83. The molecule has 0 spiro atoms. The molecule has 0 radical (unpaired) electrons. The zero-order valence-corrected chi connectivity index (χ0v) is 16.9. The Morgan fingerprint density at radius 2 is 1.90 bits per heavy atom. The molecule has 1 amide bonds. The lowest BCUT2D eigenvalue weighted by Crippen LogP contribution is -2.52. The van der Waals surface area contributed by atoms with E-state index in [4.69, 9.17) is 14.2 Å². The van der Waals surface area contributed by atoms with Crippen molar-refractivity contribution in [1.82, 2.24) is 5.32 Å². The molecule has 1 aliphatic carbocycles. The summed E-state index contributed by atoms with van der Waals surface area (Å²) < 4.78 is 15.7. The molecular formula is C21H26N2O6. The number of ether oxygens (including phenoxy) is 3. The number of rotatable bonds is 8. The van der Waals surface area contributed by atoms with Gasteiger partial charge in [-0.15, -0.1) is 0 Å². The first-order valence-corrected chi connectivity index (χ1v) is 9.55. The predicted octanol–water partition coefficient (Wildman–Crippen LogP) is 2.55. The topological polar surface area (TPSA) is 115 Å². The first-order chi connectivity index (χ1) is 13.8. The van der Waals surface area contributed by atoms with Crippen LogP contribution in [0.1, 0.15) is 56.3 Å². The van der Waals surface area contributed by atoms with Gasteiger partial charge in [-0.25, -0.2) is 4.79 Å². The van der Waals surface area contributed by atoms with E-state index in [1.165, 1.54) is 33.1 Å². The fraction of sp³-hybridized carbons (Fsp3) is 0.524. The maximum absolute atomic E-state index is 12.4. The summed E-state index contributed by atoms with van der Waals surface area (Å²) in [6.45, 7) is 2.45.